The predicted octanol–water partition coefficient (Wildman–Crippen LogP) is 1.60. The number of morpholine rings is 1. The van der Waals surface area contributed by atoms with Crippen LogP contribution in [0.15, 0.2) is 30.3 Å². The first-order valence-corrected chi connectivity index (χ1v) is 7.89. The number of rotatable bonds is 3. The van der Waals surface area contributed by atoms with Gasteiger partial charge in [0, 0.05) is 19.5 Å². The Labute approximate surface area is 130 Å². The summed E-state index contributed by atoms with van der Waals surface area (Å²) in [5, 5.41) is 0. The molecule has 2 aliphatic rings. The Morgan fingerprint density at radius 1 is 1.27 bits per heavy atom. The van der Waals surface area contributed by atoms with Gasteiger partial charge in [-0.05, 0) is 18.9 Å². The number of ether oxygens (including phenoxy) is 1. The van der Waals surface area contributed by atoms with Crippen molar-refractivity contribution in [3.05, 3.63) is 35.9 Å². The van der Waals surface area contributed by atoms with Crippen LogP contribution in [-0.4, -0.2) is 53.9 Å². The lowest BCUT2D eigenvalue weighted by molar-refractivity contribution is -0.148. The van der Waals surface area contributed by atoms with Crippen LogP contribution in [-0.2, 0) is 14.3 Å². The molecule has 5 heteroatoms. The Morgan fingerprint density at radius 2 is 2.05 bits per heavy atom. The number of nitrogens with zero attached hydrogens (tertiary/aromatic N) is 2. The van der Waals surface area contributed by atoms with Crippen molar-refractivity contribution in [3.63, 3.8) is 0 Å². The molecule has 0 radical (unpaired) electrons. The van der Waals surface area contributed by atoms with E-state index in [0.29, 0.717) is 26.1 Å². The second-order valence-corrected chi connectivity index (χ2v) is 6.06. The number of hydrogen-bond donors (Lipinski definition) is 0. The van der Waals surface area contributed by atoms with E-state index in [2.05, 4.69) is 0 Å². The first-order chi connectivity index (χ1) is 10.6. The molecule has 3 rings (SSSR count). The summed E-state index contributed by atoms with van der Waals surface area (Å²) in [5.41, 5.74) is 1.09. The molecular formula is C17H22N2O3. The van der Waals surface area contributed by atoms with Crippen LogP contribution in [0.25, 0.3) is 0 Å². The smallest absolute Gasteiger partial charge is 0.242 e. The van der Waals surface area contributed by atoms with E-state index >= 15 is 0 Å². The lowest BCUT2D eigenvalue weighted by atomic mass is 10.1. The molecule has 0 saturated carbocycles. The maximum absolute atomic E-state index is 12.5. The maximum atomic E-state index is 12.5. The minimum atomic E-state index is -0.0943. The van der Waals surface area contributed by atoms with Crippen molar-refractivity contribution in [2.75, 3.05) is 26.2 Å². The first kappa shape index (κ1) is 15.0. The fraction of sp³-hybridized carbons (Fsp3) is 0.529. The van der Waals surface area contributed by atoms with Gasteiger partial charge in [0.1, 0.15) is 6.10 Å². The third-order valence-corrected chi connectivity index (χ3v) is 4.28. The van der Waals surface area contributed by atoms with Crippen molar-refractivity contribution in [2.45, 2.75) is 32.0 Å². The maximum Gasteiger partial charge on any atom is 0.242 e. The molecule has 22 heavy (non-hydrogen) atoms. The molecule has 118 valence electrons. The Morgan fingerprint density at radius 3 is 2.73 bits per heavy atom. The highest BCUT2D eigenvalue weighted by Crippen LogP contribution is 2.25. The molecular weight excluding hydrogens is 280 g/mol. The summed E-state index contributed by atoms with van der Waals surface area (Å²) in [4.78, 5) is 27.7. The summed E-state index contributed by atoms with van der Waals surface area (Å²) in [5.74, 6) is 0.112. The number of likely N-dealkylation sites (tertiary alicyclic amines) is 1. The monoisotopic (exact) mass is 302 g/mol. The minimum Gasteiger partial charge on any atom is -0.367 e. The molecule has 0 aliphatic carbocycles. The number of carbonyl (C=O) groups excluding carboxylic acids is 2. The molecule has 1 aromatic rings. The summed E-state index contributed by atoms with van der Waals surface area (Å²) in [6.07, 6.45) is 1.33. The molecule has 2 aliphatic heterocycles. The molecule has 0 bridgehead atoms. The molecule has 1 aromatic carbocycles. The molecule has 2 amide bonds. The van der Waals surface area contributed by atoms with Gasteiger partial charge in [-0.1, -0.05) is 30.3 Å². The average molecular weight is 302 g/mol. The Balaban J connectivity index is 1.65. The summed E-state index contributed by atoms with van der Waals surface area (Å²) in [7, 11) is 0. The van der Waals surface area contributed by atoms with E-state index < -0.39 is 0 Å². The van der Waals surface area contributed by atoms with E-state index in [4.69, 9.17) is 4.74 Å². The Bertz CT molecular complexity index is 546. The number of amides is 2. The standard InChI is InChI=1S/C17H22N2O3/c1-13-10-19(17(21)12-18-9-5-8-16(18)20)11-15(22-13)14-6-3-2-4-7-14/h2-4,6-7,13,15H,5,8-12H2,1H3/t13-,15+/m1/s1. The summed E-state index contributed by atoms with van der Waals surface area (Å²) >= 11 is 0. The highest BCUT2D eigenvalue weighted by molar-refractivity contribution is 5.86. The van der Waals surface area contributed by atoms with Crippen LogP contribution < -0.4 is 0 Å². The summed E-state index contributed by atoms with van der Waals surface area (Å²) < 4.78 is 5.97. The zero-order chi connectivity index (χ0) is 15.5. The molecule has 2 saturated heterocycles. The lowest BCUT2D eigenvalue weighted by Crippen LogP contribution is -2.49. The number of carbonyl (C=O) groups is 2. The highest BCUT2D eigenvalue weighted by atomic mass is 16.5. The normalized spacial score (nSPS) is 25.6. The van der Waals surface area contributed by atoms with Crippen LogP contribution in [0, 0.1) is 0 Å². The summed E-state index contributed by atoms with van der Waals surface area (Å²) in [6, 6.07) is 9.97. The number of benzene rings is 1. The van der Waals surface area contributed by atoms with Gasteiger partial charge in [0.15, 0.2) is 0 Å². The van der Waals surface area contributed by atoms with Gasteiger partial charge in [-0.25, -0.2) is 0 Å². The zero-order valence-corrected chi connectivity index (χ0v) is 12.9. The topological polar surface area (TPSA) is 49.9 Å². The van der Waals surface area contributed by atoms with E-state index in [1.54, 1.807) is 4.90 Å². The van der Waals surface area contributed by atoms with Gasteiger partial charge >= 0.3 is 0 Å². The Kier molecular flexibility index (Phi) is 4.43. The van der Waals surface area contributed by atoms with Gasteiger partial charge in [0.05, 0.1) is 19.2 Å². The third-order valence-electron chi connectivity index (χ3n) is 4.28. The minimum absolute atomic E-state index is 0.00261. The van der Waals surface area contributed by atoms with Crippen LogP contribution in [0.1, 0.15) is 31.4 Å². The SMILES string of the molecule is C[C@@H]1CN(C(=O)CN2CCCC2=O)C[C@@H](c2ccccc2)O1. The number of hydrogen-bond acceptors (Lipinski definition) is 3. The third kappa shape index (κ3) is 3.30. The van der Waals surface area contributed by atoms with Crippen molar-refractivity contribution in [2.24, 2.45) is 0 Å². The van der Waals surface area contributed by atoms with Gasteiger partial charge in [-0.15, -0.1) is 0 Å². The lowest BCUT2D eigenvalue weighted by Gasteiger charge is -2.37. The van der Waals surface area contributed by atoms with E-state index in [9.17, 15) is 9.59 Å². The van der Waals surface area contributed by atoms with Gasteiger partial charge in [-0.2, -0.15) is 0 Å². The molecule has 2 atom stereocenters. The van der Waals surface area contributed by atoms with E-state index in [0.717, 1.165) is 12.0 Å². The van der Waals surface area contributed by atoms with Crippen molar-refractivity contribution in [1.82, 2.24) is 9.80 Å². The molecule has 0 spiro atoms. The van der Waals surface area contributed by atoms with Crippen molar-refractivity contribution in [1.29, 1.82) is 0 Å². The fourth-order valence-electron chi connectivity index (χ4n) is 3.14. The van der Waals surface area contributed by atoms with Crippen molar-refractivity contribution in [3.8, 4) is 0 Å². The molecule has 2 heterocycles. The summed E-state index contributed by atoms with van der Waals surface area (Å²) in [6.45, 7) is 4.02. The molecule has 5 nitrogen and oxygen atoms in total. The van der Waals surface area contributed by atoms with Crippen LogP contribution in [0.2, 0.25) is 0 Å². The zero-order valence-electron chi connectivity index (χ0n) is 12.9. The largest absolute Gasteiger partial charge is 0.367 e. The van der Waals surface area contributed by atoms with E-state index in [1.165, 1.54) is 0 Å². The first-order valence-electron chi connectivity index (χ1n) is 7.89. The van der Waals surface area contributed by atoms with Gasteiger partial charge in [0.25, 0.3) is 0 Å². The van der Waals surface area contributed by atoms with Crippen LogP contribution in [0.5, 0.6) is 0 Å². The van der Waals surface area contributed by atoms with Crippen molar-refractivity contribution >= 4 is 11.8 Å². The molecule has 0 N–H and O–H groups in total. The predicted molar refractivity (Wildman–Crippen MR) is 82.1 cm³/mol. The Hall–Kier alpha value is -1.88. The van der Waals surface area contributed by atoms with Gasteiger partial charge < -0.3 is 14.5 Å². The average Bonchev–Trinajstić information content (AvgIpc) is 2.92. The van der Waals surface area contributed by atoms with Gasteiger partial charge in [0.2, 0.25) is 11.8 Å². The second-order valence-electron chi connectivity index (χ2n) is 6.06. The molecule has 0 unspecified atom stereocenters. The van der Waals surface area contributed by atoms with Crippen LogP contribution in [0.3, 0.4) is 0 Å². The van der Waals surface area contributed by atoms with E-state index in [1.807, 2.05) is 42.2 Å². The van der Waals surface area contributed by atoms with Gasteiger partial charge in [-0.3, -0.25) is 9.59 Å². The van der Waals surface area contributed by atoms with Crippen LogP contribution >= 0.6 is 0 Å². The molecule has 2 fully saturated rings. The van der Waals surface area contributed by atoms with Crippen molar-refractivity contribution < 1.29 is 14.3 Å². The van der Waals surface area contributed by atoms with Crippen LogP contribution in [0.4, 0.5) is 0 Å². The van der Waals surface area contributed by atoms with E-state index in [-0.39, 0.29) is 30.6 Å². The quantitative estimate of drug-likeness (QED) is 0.852. The molecule has 0 aromatic heterocycles. The highest BCUT2D eigenvalue weighted by Gasteiger charge is 2.31. The second kappa shape index (κ2) is 6.48. The fourth-order valence-corrected chi connectivity index (χ4v) is 3.14.